The third-order valence-corrected chi connectivity index (χ3v) is 5.26. The molecule has 0 aliphatic carbocycles. The van der Waals surface area contributed by atoms with Crippen LogP contribution < -0.4 is 14.8 Å². The molecule has 2 aromatic carbocycles. The first-order valence-corrected chi connectivity index (χ1v) is 9.86. The Labute approximate surface area is 155 Å². The number of hydrogen-bond donors (Lipinski definition) is 2. The Kier molecular flexibility index (Phi) is 6.98. The van der Waals surface area contributed by atoms with Crippen molar-refractivity contribution in [2.24, 2.45) is 0 Å². The summed E-state index contributed by atoms with van der Waals surface area (Å²) in [5.41, 5.74) is 0.983. The fraction of sp³-hybridized carbons (Fsp3) is 0.235. The lowest BCUT2D eigenvalue weighted by Gasteiger charge is -2.09. The van der Waals surface area contributed by atoms with Crippen molar-refractivity contribution in [1.82, 2.24) is 10.0 Å². The molecular formula is C17H19BrN2O4S. The SMILES string of the molecule is Cc1ccc(S(=O)(=O)NCCNC(=O)COc2ccc(Br)cc2)cc1. The first kappa shape index (κ1) is 19.4. The first-order chi connectivity index (χ1) is 11.9. The van der Waals surface area contributed by atoms with Crippen LogP contribution in [0.3, 0.4) is 0 Å². The van der Waals surface area contributed by atoms with Crippen LogP contribution in [-0.4, -0.2) is 34.0 Å². The molecule has 0 bridgehead atoms. The summed E-state index contributed by atoms with van der Waals surface area (Å²) < 4.78 is 32.8. The van der Waals surface area contributed by atoms with Gasteiger partial charge in [-0.05, 0) is 43.3 Å². The van der Waals surface area contributed by atoms with Gasteiger partial charge >= 0.3 is 0 Å². The molecule has 134 valence electrons. The quantitative estimate of drug-likeness (QED) is 0.633. The third-order valence-electron chi connectivity index (χ3n) is 3.25. The zero-order valence-electron chi connectivity index (χ0n) is 13.7. The topological polar surface area (TPSA) is 84.5 Å². The van der Waals surface area contributed by atoms with Gasteiger partial charge in [0.25, 0.3) is 5.91 Å². The van der Waals surface area contributed by atoms with Gasteiger partial charge in [-0.2, -0.15) is 0 Å². The average Bonchev–Trinajstić information content (AvgIpc) is 2.59. The summed E-state index contributed by atoms with van der Waals surface area (Å²) in [6.45, 7) is 2.02. The van der Waals surface area contributed by atoms with Crippen LogP contribution in [0.1, 0.15) is 5.56 Å². The van der Waals surface area contributed by atoms with Gasteiger partial charge in [-0.1, -0.05) is 33.6 Å². The number of benzene rings is 2. The van der Waals surface area contributed by atoms with Gasteiger partial charge in [0.05, 0.1) is 4.90 Å². The lowest BCUT2D eigenvalue weighted by Crippen LogP contribution is -2.36. The van der Waals surface area contributed by atoms with Gasteiger partial charge in [-0.3, -0.25) is 4.79 Å². The second-order valence-corrected chi connectivity index (χ2v) is 7.99. The van der Waals surface area contributed by atoms with Crippen molar-refractivity contribution in [3.8, 4) is 5.75 Å². The minimum Gasteiger partial charge on any atom is -0.484 e. The van der Waals surface area contributed by atoms with E-state index in [1.807, 2.05) is 19.1 Å². The van der Waals surface area contributed by atoms with Crippen molar-refractivity contribution in [2.75, 3.05) is 19.7 Å². The highest BCUT2D eigenvalue weighted by atomic mass is 79.9. The molecule has 2 aromatic rings. The minimum atomic E-state index is -3.57. The maximum absolute atomic E-state index is 12.1. The van der Waals surface area contributed by atoms with E-state index >= 15 is 0 Å². The second-order valence-electron chi connectivity index (χ2n) is 5.30. The van der Waals surface area contributed by atoms with E-state index in [4.69, 9.17) is 4.74 Å². The second kappa shape index (κ2) is 8.98. The number of carbonyl (C=O) groups is 1. The highest BCUT2D eigenvalue weighted by Crippen LogP contribution is 2.15. The minimum absolute atomic E-state index is 0.0975. The number of halogens is 1. The molecule has 8 heteroatoms. The van der Waals surface area contributed by atoms with Crippen LogP contribution >= 0.6 is 15.9 Å². The van der Waals surface area contributed by atoms with E-state index in [1.54, 1.807) is 36.4 Å². The van der Waals surface area contributed by atoms with Crippen LogP contribution in [0.25, 0.3) is 0 Å². The highest BCUT2D eigenvalue weighted by molar-refractivity contribution is 9.10. The normalized spacial score (nSPS) is 11.1. The van der Waals surface area contributed by atoms with Crippen LogP contribution in [0, 0.1) is 6.92 Å². The molecule has 0 radical (unpaired) electrons. The molecule has 6 nitrogen and oxygen atoms in total. The molecule has 0 spiro atoms. The number of amides is 1. The molecule has 0 fully saturated rings. The van der Waals surface area contributed by atoms with E-state index in [0.29, 0.717) is 5.75 Å². The zero-order chi connectivity index (χ0) is 18.3. The average molecular weight is 427 g/mol. The van der Waals surface area contributed by atoms with Crippen molar-refractivity contribution in [1.29, 1.82) is 0 Å². The van der Waals surface area contributed by atoms with Crippen molar-refractivity contribution in [2.45, 2.75) is 11.8 Å². The lowest BCUT2D eigenvalue weighted by atomic mass is 10.2. The molecule has 0 saturated heterocycles. The number of ether oxygens (including phenoxy) is 1. The van der Waals surface area contributed by atoms with E-state index in [2.05, 4.69) is 26.0 Å². The maximum Gasteiger partial charge on any atom is 0.257 e. The number of aryl methyl sites for hydroxylation is 1. The zero-order valence-corrected chi connectivity index (χ0v) is 16.1. The molecule has 0 aliphatic rings. The Balaban J connectivity index is 1.70. The summed E-state index contributed by atoms with van der Waals surface area (Å²) in [4.78, 5) is 11.9. The predicted octanol–water partition coefficient (Wildman–Crippen LogP) is 2.23. The molecule has 1 amide bonds. The molecule has 0 saturated carbocycles. The molecule has 2 N–H and O–H groups in total. The summed E-state index contributed by atoms with van der Waals surface area (Å²) in [7, 11) is -3.57. The molecule has 25 heavy (non-hydrogen) atoms. The Hall–Kier alpha value is -1.90. The number of sulfonamides is 1. The Morgan fingerprint density at radius 1 is 1.04 bits per heavy atom. The molecule has 0 unspecified atom stereocenters. The fourth-order valence-corrected chi connectivity index (χ4v) is 3.21. The largest absolute Gasteiger partial charge is 0.484 e. The van der Waals surface area contributed by atoms with Gasteiger partial charge in [0.2, 0.25) is 10.0 Å². The van der Waals surface area contributed by atoms with Crippen LogP contribution in [0.2, 0.25) is 0 Å². The fourth-order valence-electron chi connectivity index (χ4n) is 1.92. The highest BCUT2D eigenvalue weighted by Gasteiger charge is 2.12. The van der Waals surface area contributed by atoms with Crippen molar-refractivity contribution >= 4 is 31.9 Å². The van der Waals surface area contributed by atoms with Crippen LogP contribution in [0.4, 0.5) is 0 Å². The summed E-state index contributed by atoms with van der Waals surface area (Å²) in [5.74, 6) is 0.260. The van der Waals surface area contributed by atoms with Gasteiger partial charge in [0.1, 0.15) is 5.75 Å². The Morgan fingerprint density at radius 3 is 2.32 bits per heavy atom. The Bertz CT molecular complexity index is 806. The van der Waals surface area contributed by atoms with E-state index in [-0.39, 0.29) is 30.5 Å². The number of rotatable bonds is 8. The van der Waals surface area contributed by atoms with E-state index in [1.165, 1.54) is 0 Å². The van der Waals surface area contributed by atoms with Gasteiger partial charge < -0.3 is 10.1 Å². The molecule has 0 heterocycles. The third kappa shape index (κ3) is 6.49. The molecular weight excluding hydrogens is 408 g/mol. The van der Waals surface area contributed by atoms with Crippen molar-refractivity contribution in [3.05, 3.63) is 58.6 Å². The monoisotopic (exact) mass is 426 g/mol. The smallest absolute Gasteiger partial charge is 0.257 e. The van der Waals surface area contributed by atoms with Crippen LogP contribution in [0.15, 0.2) is 57.9 Å². The summed E-state index contributed by atoms with van der Waals surface area (Å²) >= 11 is 3.31. The standard InChI is InChI=1S/C17H19BrN2O4S/c1-13-2-8-16(9-3-13)25(22,23)20-11-10-19-17(21)12-24-15-6-4-14(18)5-7-15/h2-9,20H,10-12H2,1H3,(H,19,21). The van der Waals surface area contributed by atoms with Crippen molar-refractivity contribution in [3.63, 3.8) is 0 Å². The Morgan fingerprint density at radius 2 is 1.68 bits per heavy atom. The maximum atomic E-state index is 12.1. The molecule has 0 atom stereocenters. The lowest BCUT2D eigenvalue weighted by molar-refractivity contribution is -0.123. The summed E-state index contributed by atoms with van der Waals surface area (Å²) in [6.07, 6.45) is 0. The van der Waals surface area contributed by atoms with Crippen LogP contribution in [0.5, 0.6) is 5.75 Å². The van der Waals surface area contributed by atoms with Crippen molar-refractivity contribution < 1.29 is 17.9 Å². The van der Waals surface area contributed by atoms with Gasteiger partial charge in [-0.25, -0.2) is 13.1 Å². The number of carbonyl (C=O) groups excluding carboxylic acids is 1. The first-order valence-electron chi connectivity index (χ1n) is 7.58. The number of hydrogen-bond acceptors (Lipinski definition) is 4. The summed E-state index contributed by atoms with van der Waals surface area (Å²) in [5, 5.41) is 2.60. The summed E-state index contributed by atoms with van der Waals surface area (Å²) in [6, 6.07) is 13.7. The molecule has 0 aliphatic heterocycles. The van der Waals surface area contributed by atoms with Gasteiger partial charge in [0, 0.05) is 17.6 Å². The number of nitrogens with one attached hydrogen (secondary N) is 2. The van der Waals surface area contributed by atoms with E-state index in [0.717, 1.165) is 10.0 Å². The van der Waals surface area contributed by atoms with Crippen LogP contribution in [-0.2, 0) is 14.8 Å². The molecule has 0 aromatic heterocycles. The van der Waals surface area contributed by atoms with E-state index < -0.39 is 10.0 Å². The van der Waals surface area contributed by atoms with Gasteiger partial charge in [0.15, 0.2) is 6.61 Å². The van der Waals surface area contributed by atoms with E-state index in [9.17, 15) is 13.2 Å². The molecule has 2 rings (SSSR count). The van der Waals surface area contributed by atoms with Gasteiger partial charge in [-0.15, -0.1) is 0 Å². The predicted molar refractivity (Wildman–Crippen MR) is 99.0 cm³/mol.